The van der Waals surface area contributed by atoms with Crippen LogP contribution in [-0.2, 0) is 4.79 Å². The van der Waals surface area contributed by atoms with Gasteiger partial charge in [0.2, 0.25) is 0 Å². The Kier molecular flexibility index (Phi) is 4.70. The minimum Gasteiger partial charge on any atom is -0.482 e. The summed E-state index contributed by atoms with van der Waals surface area (Å²) in [5.41, 5.74) is 8.08. The highest BCUT2D eigenvalue weighted by Crippen LogP contribution is 2.25. The van der Waals surface area contributed by atoms with E-state index >= 15 is 0 Å². The zero-order valence-electron chi connectivity index (χ0n) is 12.0. The largest absolute Gasteiger partial charge is 0.482 e. The molecule has 0 aliphatic heterocycles. The molecule has 0 unspecified atom stereocenters. The molecular formula is C16H17ClN2O2. The number of halogens is 1. The number of nitrogen functional groups attached to an aromatic ring is 1. The van der Waals surface area contributed by atoms with Crippen LogP contribution in [0.25, 0.3) is 0 Å². The van der Waals surface area contributed by atoms with Gasteiger partial charge < -0.3 is 15.4 Å². The van der Waals surface area contributed by atoms with Crippen molar-refractivity contribution in [3.05, 3.63) is 53.1 Å². The Labute approximate surface area is 129 Å². The minimum atomic E-state index is -0.170. The number of carbonyl (C=O) groups excluding carboxylic acids is 1. The molecule has 0 bridgehead atoms. The van der Waals surface area contributed by atoms with Crippen molar-refractivity contribution in [2.24, 2.45) is 0 Å². The highest BCUT2D eigenvalue weighted by molar-refractivity contribution is 6.32. The second-order valence-corrected chi connectivity index (χ2v) is 5.17. The molecule has 5 heteroatoms. The fraction of sp³-hybridized carbons (Fsp3) is 0.188. The molecule has 2 rings (SSSR count). The maximum Gasteiger partial charge on any atom is 0.264 e. The SMILES string of the molecule is Cc1ccc(OCC(=O)N(C)c2ccc(N)cc2)c(Cl)c1. The van der Waals surface area contributed by atoms with Crippen molar-refractivity contribution in [2.45, 2.75) is 6.92 Å². The van der Waals surface area contributed by atoms with Gasteiger partial charge in [0.05, 0.1) is 5.02 Å². The molecule has 0 heterocycles. The Morgan fingerprint density at radius 2 is 1.90 bits per heavy atom. The van der Waals surface area contributed by atoms with Crippen LogP contribution in [-0.4, -0.2) is 19.6 Å². The molecule has 0 aromatic heterocycles. The van der Waals surface area contributed by atoms with Crippen LogP contribution in [0.5, 0.6) is 5.75 Å². The van der Waals surface area contributed by atoms with E-state index in [9.17, 15) is 4.79 Å². The van der Waals surface area contributed by atoms with Gasteiger partial charge in [-0.25, -0.2) is 0 Å². The van der Waals surface area contributed by atoms with Crippen LogP contribution in [0.2, 0.25) is 5.02 Å². The van der Waals surface area contributed by atoms with E-state index in [0.29, 0.717) is 16.5 Å². The summed E-state index contributed by atoms with van der Waals surface area (Å²) in [5.74, 6) is 0.331. The number of likely N-dealkylation sites (N-methyl/N-ethyl adjacent to an activating group) is 1. The topological polar surface area (TPSA) is 55.6 Å². The predicted molar refractivity (Wildman–Crippen MR) is 85.9 cm³/mol. The van der Waals surface area contributed by atoms with Gasteiger partial charge in [-0.3, -0.25) is 4.79 Å². The smallest absolute Gasteiger partial charge is 0.264 e. The molecule has 2 N–H and O–H groups in total. The third-order valence-electron chi connectivity index (χ3n) is 3.09. The molecule has 21 heavy (non-hydrogen) atoms. The van der Waals surface area contributed by atoms with Crippen molar-refractivity contribution in [1.29, 1.82) is 0 Å². The van der Waals surface area contributed by atoms with E-state index in [2.05, 4.69) is 0 Å². The summed E-state index contributed by atoms with van der Waals surface area (Å²) in [5, 5.41) is 0.498. The van der Waals surface area contributed by atoms with E-state index in [4.69, 9.17) is 22.1 Å². The van der Waals surface area contributed by atoms with Crippen molar-refractivity contribution >= 4 is 28.9 Å². The summed E-state index contributed by atoms with van der Waals surface area (Å²) in [7, 11) is 1.69. The molecule has 1 amide bonds. The standard InChI is InChI=1S/C16H17ClN2O2/c1-11-3-8-15(14(17)9-11)21-10-16(20)19(2)13-6-4-12(18)5-7-13/h3-9H,10,18H2,1-2H3. The molecule has 0 saturated carbocycles. The van der Waals surface area contributed by atoms with Crippen LogP contribution in [0.1, 0.15) is 5.56 Å². The summed E-state index contributed by atoms with van der Waals surface area (Å²) in [6.45, 7) is 1.86. The van der Waals surface area contributed by atoms with E-state index in [-0.39, 0.29) is 12.5 Å². The predicted octanol–water partition coefficient (Wildman–Crippen LogP) is 3.27. The molecule has 0 spiro atoms. The van der Waals surface area contributed by atoms with Crippen LogP contribution in [0, 0.1) is 6.92 Å². The number of ether oxygens (including phenoxy) is 1. The van der Waals surface area contributed by atoms with Crippen LogP contribution in [0.15, 0.2) is 42.5 Å². The van der Waals surface area contributed by atoms with E-state index in [1.807, 2.05) is 13.0 Å². The number of anilines is 2. The van der Waals surface area contributed by atoms with Crippen molar-refractivity contribution in [1.82, 2.24) is 0 Å². The second-order valence-electron chi connectivity index (χ2n) is 4.77. The number of hydrogen-bond acceptors (Lipinski definition) is 3. The first-order chi connectivity index (χ1) is 9.97. The third kappa shape index (κ3) is 3.89. The highest BCUT2D eigenvalue weighted by Gasteiger charge is 2.12. The maximum atomic E-state index is 12.1. The lowest BCUT2D eigenvalue weighted by atomic mass is 10.2. The molecule has 0 atom stereocenters. The quantitative estimate of drug-likeness (QED) is 0.882. The molecule has 2 aromatic rings. The van der Waals surface area contributed by atoms with Crippen molar-refractivity contribution < 1.29 is 9.53 Å². The summed E-state index contributed by atoms with van der Waals surface area (Å²) < 4.78 is 5.47. The number of amides is 1. The monoisotopic (exact) mass is 304 g/mol. The summed E-state index contributed by atoms with van der Waals surface area (Å²) >= 11 is 6.06. The first-order valence-corrected chi connectivity index (χ1v) is 6.86. The number of carbonyl (C=O) groups is 1. The Morgan fingerprint density at radius 1 is 1.24 bits per heavy atom. The van der Waals surface area contributed by atoms with E-state index in [1.165, 1.54) is 4.90 Å². The van der Waals surface area contributed by atoms with Gasteiger partial charge in [-0.1, -0.05) is 17.7 Å². The summed E-state index contributed by atoms with van der Waals surface area (Å²) in [6, 6.07) is 12.5. The normalized spacial score (nSPS) is 10.2. The van der Waals surface area contributed by atoms with Gasteiger partial charge in [-0.15, -0.1) is 0 Å². The number of hydrogen-bond donors (Lipinski definition) is 1. The van der Waals surface area contributed by atoms with Crippen molar-refractivity contribution in [3.8, 4) is 5.75 Å². The fourth-order valence-corrected chi connectivity index (χ4v) is 2.09. The summed E-state index contributed by atoms with van der Waals surface area (Å²) in [6.07, 6.45) is 0. The molecule has 4 nitrogen and oxygen atoms in total. The van der Waals surface area contributed by atoms with Gasteiger partial charge in [0.15, 0.2) is 6.61 Å². The van der Waals surface area contributed by atoms with Crippen LogP contribution < -0.4 is 15.4 Å². The van der Waals surface area contributed by atoms with E-state index in [0.717, 1.165) is 11.3 Å². The van der Waals surface area contributed by atoms with Crippen molar-refractivity contribution in [2.75, 3.05) is 24.3 Å². The third-order valence-corrected chi connectivity index (χ3v) is 3.39. The maximum absolute atomic E-state index is 12.1. The number of nitrogens with two attached hydrogens (primary N) is 1. The van der Waals surface area contributed by atoms with Gasteiger partial charge >= 0.3 is 0 Å². The molecule has 0 aliphatic rings. The molecule has 2 aromatic carbocycles. The van der Waals surface area contributed by atoms with Crippen molar-refractivity contribution in [3.63, 3.8) is 0 Å². The molecule has 0 fully saturated rings. The van der Waals surface area contributed by atoms with Crippen LogP contribution >= 0.6 is 11.6 Å². The lowest BCUT2D eigenvalue weighted by Crippen LogP contribution is -2.31. The van der Waals surface area contributed by atoms with Gasteiger partial charge in [-0.2, -0.15) is 0 Å². The van der Waals surface area contributed by atoms with E-state index < -0.39 is 0 Å². The number of aryl methyl sites for hydroxylation is 1. The van der Waals surface area contributed by atoms with Crippen LogP contribution in [0.3, 0.4) is 0 Å². The Hall–Kier alpha value is -2.20. The number of nitrogens with zero attached hydrogens (tertiary/aromatic N) is 1. The van der Waals surface area contributed by atoms with E-state index in [1.54, 1.807) is 43.4 Å². The number of benzene rings is 2. The Balaban J connectivity index is 1.99. The molecule has 0 radical (unpaired) electrons. The first kappa shape index (κ1) is 15.2. The van der Waals surface area contributed by atoms with Gasteiger partial charge in [0, 0.05) is 18.4 Å². The molecule has 0 aliphatic carbocycles. The van der Waals surface area contributed by atoms with Gasteiger partial charge in [0.25, 0.3) is 5.91 Å². The van der Waals surface area contributed by atoms with Crippen LogP contribution in [0.4, 0.5) is 11.4 Å². The molecule has 0 saturated heterocycles. The first-order valence-electron chi connectivity index (χ1n) is 6.48. The lowest BCUT2D eigenvalue weighted by molar-refractivity contribution is -0.120. The number of rotatable bonds is 4. The second kappa shape index (κ2) is 6.50. The van der Waals surface area contributed by atoms with Gasteiger partial charge in [0.1, 0.15) is 5.75 Å². The average molecular weight is 305 g/mol. The molecule has 110 valence electrons. The van der Waals surface area contributed by atoms with Gasteiger partial charge in [-0.05, 0) is 48.9 Å². The molecular weight excluding hydrogens is 288 g/mol. The Bertz CT molecular complexity index is 641. The zero-order valence-corrected chi connectivity index (χ0v) is 12.7. The fourth-order valence-electron chi connectivity index (χ4n) is 1.80. The zero-order chi connectivity index (χ0) is 15.4. The lowest BCUT2D eigenvalue weighted by Gasteiger charge is -2.18. The highest BCUT2D eigenvalue weighted by atomic mass is 35.5. The minimum absolute atomic E-state index is 0.0797. The summed E-state index contributed by atoms with van der Waals surface area (Å²) in [4.78, 5) is 13.6. The average Bonchev–Trinajstić information content (AvgIpc) is 2.46. The Morgan fingerprint density at radius 3 is 2.52 bits per heavy atom.